The summed E-state index contributed by atoms with van der Waals surface area (Å²) in [7, 11) is 0. The molecule has 1 unspecified atom stereocenters. The number of rotatable bonds is 2. The maximum Gasteiger partial charge on any atom is 0.388 e. The van der Waals surface area contributed by atoms with Crippen molar-refractivity contribution in [3.05, 3.63) is 11.4 Å². The quantitative estimate of drug-likeness (QED) is 0.725. The molecule has 0 aromatic heterocycles. The van der Waals surface area contributed by atoms with Gasteiger partial charge in [0.05, 0.1) is 5.92 Å². The highest BCUT2D eigenvalue weighted by Gasteiger charge is 2.54. The van der Waals surface area contributed by atoms with Gasteiger partial charge in [-0.1, -0.05) is 0 Å². The summed E-state index contributed by atoms with van der Waals surface area (Å²) in [6, 6.07) is -0.769. The molecule has 1 atom stereocenters. The van der Waals surface area contributed by atoms with Crippen LogP contribution in [0.15, 0.2) is 0 Å². The SMILES string of the molecule is [C-]#[N+]C(C(=O)O)C1C2CC3CC(C2)CC1C3. The van der Waals surface area contributed by atoms with Crippen LogP contribution >= 0.6 is 0 Å². The summed E-state index contributed by atoms with van der Waals surface area (Å²) in [5, 5.41) is 9.14. The highest BCUT2D eigenvalue weighted by atomic mass is 16.4. The second-order valence-electron chi connectivity index (χ2n) is 5.92. The smallest absolute Gasteiger partial charge is 0.388 e. The van der Waals surface area contributed by atoms with E-state index in [4.69, 9.17) is 11.7 Å². The van der Waals surface area contributed by atoms with E-state index in [-0.39, 0.29) is 5.92 Å². The van der Waals surface area contributed by atoms with Gasteiger partial charge in [-0.05, 0) is 55.8 Å². The molecule has 0 aromatic rings. The second kappa shape index (κ2) is 3.48. The Morgan fingerprint density at radius 1 is 1.12 bits per heavy atom. The van der Waals surface area contributed by atoms with Crippen LogP contribution in [0.1, 0.15) is 32.1 Å². The minimum absolute atomic E-state index is 0.155. The molecule has 3 heteroatoms. The third-order valence-electron chi connectivity index (χ3n) is 5.06. The molecular formula is C13H17NO2. The van der Waals surface area contributed by atoms with Crippen molar-refractivity contribution in [2.45, 2.75) is 38.1 Å². The Morgan fingerprint density at radius 3 is 2.00 bits per heavy atom. The van der Waals surface area contributed by atoms with Crippen molar-refractivity contribution in [2.24, 2.45) is 29.6 Å². The van der Waals surface area contributed by atoms with Gasteiger partial charge in [-0.25, -0.2) is 11.4 Å². The number of aliphatic carboxylic acids is 1. The largest absolute Gasteiger partial charge is 0.476 e. The lowest BCUT2D eigenvalue weighted by Gasteiger charge is -2.53. The first-order chi connectivity index (χ1) is 7.69. The second-order valence-corrected chi connectivity index (χ2v) is 5.92. The number of carboxylic acids is 1. The Morgan fingerprint density at radius 2 is 1.62 bits per heavy atom. The van der Waals surface area contributed by atoms with Crippen molar-refractivity contribution in [1.82, 2.24) is 0 Å². The summed E-state index contributed by atoms with van der Waals surface area (Å²) in [6.45, 7) is 7.11. The molecule has 4 aliphatic carbocycles. The highest BCUT2D eigenvalue weighted by Crippen LogP contribution is 2.57. The standard InChI is InChI=1S/C13H17NO2/c1-14-12(13(15)16)11-9-3-7-2-8(5-9)6-10(11)4-7/h7-12H,2-6H2,(H,15,16). The Labute approximate surface area is 95.7 Å². The average Bonchev–Trinajstić information content (AvgIpc) is 2.21. The zero-order valence-electron chi connectivity index (χ0n) is 9.30. The summed E-state index contributed by atoms with van der Waals surface area (Å²) in [5.74, 6) is 2.02. The van der Waals surface area contributed by atoms with Crippen molar-refractivity contribution in [3.63, 3.8) is 0 Å². The third kappa shape index (κ3) is 1.36. The molecule has 0 spiro atoms. The van der Waals surface area contributed by atoms with Crippen LogP contribution < -0.4 is 0 Å². The van der Waals surface area contributed by atoms with Crippen LogP contribution in [0.5, 0.6) is 0 Å². The maximum absolute atomic E-state index is 11.1. The van der Waals surface area contributed by atoms with E-state index in [1.807, 2.05) is 0 Å². The predicted octanol–water partition coefficient (Wildman–Crippen LogP) is 2.43. The van der Waals surface area contributed by atoms with E-state index in [0.717, 1.165) is 11.8 Å². The Balaban J connectivity index is 1.86. The van der Waals surface area contributed by atoms with Crippen LogP contribution in [0.25, 0.3) is 4.85 Å². The van der Waals surface area contributed by atoms with Crippen LogP contribution in [0, 0.1) is 36.2 Å². The molecule has 0 aromatic carbocycles. The first-order valence-electron chi connectivity index (χ1n) is 6.28. The molecule has 0 heterocycles. The molecule has 16 heavy (non-hydrogen) atoms. The number of hydrogen-bond acceptors (Lipinski definition) is 1. The Bertz CT molecular complexity index is 329. The summed E-state index contributed by atoms with van der Waals surface area (Å²) in [6.07, 6.45) is 6.14. The van der Waals surface area contributed by atoms with E-state index in [1.54, 1.807) is 0 Å². The molecule has 0 saturated heterocycles. The molecule has 4 aliphatic rings. The molecule has 4 fully saturated rings. The van der Waals surface area contributed by atoms with Crippen LogP contribution in [-0.2, 0) is 4.79 Å². The number of hydrogen-bond donors (Lipinski definition) is 1. The van der Waals surface area contributed by atoms with Crippen LogP contribution in [0.3, 0.4) is 0 Å². The monoisotopic (exact) mass is 219 g/mol. The lowest BCUT2D eigenvalue weighted by molar-refractivity contribution is -0.143. The van der Waals surface area contributed by atoms with E-state index in [9.17, 15) is 4.79 Å². The van der Waals surface area contributed by atoms with E-state index in [2.05, 4.69) is 4.85 Å². The van der Waals surface area contributed by atoms with E-state index < -0.39 is 12.0 Å². The molecule has 4 saturated carbocycles. The topological polar surface area (TPSA) is 41.7 Å². The lowest BCUT2D eigenvalue weighted by Crippen LogP contribution is -2.50. The molecule has 0 aliphatic heterocycles. The van der Waals surface area contributed by atoms with Crippen molar-refractivity contribution in [1.29, 1.82) is 0 Å². The fraction of sp³-hybridized carbons (Fsp3) is 0.846. The summed E-state index contributed by atoms with van der Waals surface area (Å²) < 4.78 is 0. The first-order valence-corrected chi connectivity index (χ1v) is 6.28. The predicted molar refractivity (Wildman–Crippen MR) is 58.6 cm³/mol. The maximum atomic E-state index is 11.1. The summed E-state index contributed by atoms with van der Waals surface area (Å²) >= 11 is 0. The van der Waals surface area contributed by atoms with Crippen molar-refractivity contribution in [2.75, 3.05) is 0 Å². The molecule has 0 amide bonds. The molecule has 4 bridgehead atoms. The van der Waals surface area contributed by atoms with Gasteiger partial charge in [0.1, 0.15) is 0 Å². The van der Waals surface area contributed by atoms with Gasteiger partial charge in [0.15, 0.2) is 0 Å². The van der Waals surface area contributed by atoms with E-state index in [1.165, 1.54) is 32.1 Å². The fourth-order valence-electron chi connectivity index (χ4n) is 4.79. The average molecular weight is 219 g/mol. The molecule has 1 N–H and O–H groups in total. The van der Waals surface area contributed by atoms with Gasteiger partial charge in [0.25, 0.3) is 0 Å². The normalized spacial score (nSPS) is 46.3. The van der Waals surface area contributed by atoms with Gasteiger partial charge in [-0.3, -0.25) is 0 Å². The highest BCUT2D eigenvalue weighted by molar-refractivity contribution is 5.76. The Kier molecular flexibility index (Phi) is 2.20. The summed E-state index contributed by atoms with van der Waals surface area (Å²) in [5.41, 5.74) is 0. The number of carbonyl (C=O) groups is 1. The summed E-state index contributed by atoms with van der Waals surface area (Å²) in [4.78, 5) is 14.5. The lowest BCUT2D eigenvalue weighted by atomic mass is 9.50. The minimum atomic E-state index is -0.896. The van der Waals surface area contributed by atoms with Crippen molar-refractivity contribution in [3.8, 4) is 0 Å². The van der Waals surface area contributed by atoms with Crippen LogP contribution in [0.2, 0.25) is 0 Å². The van der Waals surface area contributed by atoms with Gasteiger partial charge in [-0.2, -0.15) is 0 Å². The number of nitrogens with zero attached hydrogens (tertiary/aromatic N) is 1. The van der Waals surface area contributed by atoms with Gasteiger partial charge < -0.3 is 9.95 Å². The molecule has 86 valence electrons. The Hall–Kier alpha value is -1.04. The van der Waals surface area contributed by atoms with Gasteiger partial charge >= 0.3 is 12.0 Å². The minimum Gasteiger partial charge on any atom is -0.476 e. The van der Waals surface area contributed by atoms with E-state index in [0.29, 0.717) is 11.8 Å². The molecular weight excluding hydrogens is 202 g/mol. The first kappa shape index (κ1) is 10.1. The zero-order chi connectivity index (χ0) is 11.3. The fourth-order valence-corrected chi connectivity index (χ4v) is 4.79. The molecule has 0 radical (unpaired) electrons. The van der Waals surface area contributed by atoms with Gasteiger partial charge in [-0.15, -0.1) is 0 Å². The number of carboxylic acid groups (broad SMARTS) is 1. The third-order valence-corrected chi connectivity index (χ3v) is 5.06. The van der Waals surface area contributed by atoms with Crippen molar-refractivity contribution < 1.29 is 9.90 Å². The van der Waals surface area contributed by atoms with Crippen molar-refractivity contribution >= 4 is 5.97 Å². The van der Waals surface area contributed by atoms with Gasteiger partial charge in [0.2, 0.25) is 0 Å². The van der Waals surface area contributed by atoms with Gasteiger partial charge in [0, 0.05) is 0 Å². The molecule has 3 nitrogen and oxygen atoms in total. The van der Waals surface area contributed by atoms with Crippen LogP contribution in [-0.4, -0.2) is 17.1 Å². The zero-order valence-corrected chi connectivity index (χ0v) is 9.30. The van der Waals surface area contributed by atoms with E-state index >= 15 is 0 Å². The molecule has 4 rings (SSSR count). The van der Waals surface area contributed by atoms with Crippen LogP contribution in [0.4, 0.5) is 0 Å².